The Morgan fingerprint density at radius 2 is 1.77 bits per heavy atom. The molecule has 0 aliphatic heterocycles. The molecule has 1 atom stereocenters. The number of halogens is 3. The van der Waals surface area contributed by atoms with Crippen LogP contribution < -0.4 is 10.1 Å². The standard InChI is InChI=1S/C30H32F3N3O4/c1-6-39-28(38)29(4,5)40-24-14-11-21(15-17(24)2)18(3)27(37)35-23-16-34-26(36-25(23)19-7-8-19)20-9-12-22(13-10-20)30(31,32)33/h9-16,18-19H,6-8H2,1-5H3,(H,35,37). The van der Waals surface area contributed by atoms with E-state index in [1.54, 1.807) is 39.8 Å². The second-order valence-electron chi connectivity index (χ2n) is 10.4. The number of alkyl halides is 3. The number of anilines is 1. The van der Waals surface area contributed by atoms with Gasteiger partial charge in [0.25, 0.3) is 0 Å². The Kier molecular flexibility index (Phi) is 8.18. The molecule has 212 valence electrons. The zero-order valence-corrected chi connectivity index (χ0v) is 23.1. The molecule has 1 heterocycles. The molecule has 1 unspecified atom stereocenters. The van der Waals surface area contributed by atoms with Crippen molar-refractivity contribution in [2.75, 3.05) is 11.9 Å². The van der Waals surface area contributed by atoms with Gasteiger partial charge >= 0.3 is 12.1 Å². The van der Waals surface area contributed by atoms with Gasteiger partial charge in [-0.3, -0.25) is 4.79 Å². The van der Waals surface area contributed by atoms with E-state index in [4.69, 9.17) is 9.47 Å². The Hall–Kier alpha value is -3.95. The maximum Gasteiger partial charge on any atom is 0.416 e. The Balaban J connectivity index is 1.49. The van der Waals surface area contributed by atoms with Crippen molar-refractivity contribution >= 4 is 17.6 Å². The fraction of sp³-hybridized carbons (Fsp3) is 0.400. The van der Waals surface area contributed by atoms with Crippen LogP contribution in [-0.2, 0) is 20.5 Å². The van der Waals surface area contributed by atoms with Gasteiger partial charge in [0.15, 0.2) is 11.4 Å². The number of aromatic nitrogens is 2. The molecule has 0 radical (unpaired) electrons. The summed E-state index contributed by atoms with van der Waals surface area (Å²) in [7, 11) is 0. The maximum absolute atomic E-state index is 13.2. The van der Waals surface area contributed by atoms with Crippen molar-refractivity contribution in [2.24, 2.45) is 0 Å². The number of esters is 1. The summed E-state index contributed by atoms with van der Waals surface area (Å²) in [6, 6.07) is 10.0. The lowest BCUT2D eigenvalue weighted by atomic mass is 9.97. The van der Waals surface area contributed by atoms with Crippen LogP contribution in [0.3, 0.4) is 0 Å². The van der Waals surface area contributed by atoms with Gasteiger partial charge < -0.3 is 14.8 Å². The van der Waals surface area contributed by atoms with Gasteiger partial charge in [-0.25, -0.2) is 14.8 Å². The molecule has 1 fully saturated rings. The van der Waals surface area contributed by atoms with Gasteiger partial charge in [-0.1, -0.05) is 24.3 Å². The summed E-state index contributed by atoms with van der Waals surface area (Å²) in [6.07, 6.45) is -1.10. The summed E-state index contributed by atoms with van der Waals surface area (Å²) in [5.41, 5.74) is 1.23. The van der Waals surface area contributed by atoms with Crippen molar-refractivity contribution < 1.29 is 32.2 Å². The maximum atomic E-state index is 13.2. The predicted octanol–water partition coefficient (Wildman–Crippen LogP) is 6.81. The first kappa shape index (κ1) is 29.0. The summed E-state index contributed by atoms with van der Waals surface area (Å²) in [5, 5.41) is 2.93. The molecular weight excluding hydrogens is 523 g/mol. The molecule has 4 rings (SSSR count). The lowest BCUT2D eigenvalue weighted by Crippen LogP contribution is -2.39. The van der Waals surface area contributed by atoms with E-state index in [0.29, 0.717) is 28.5 Å². The molecule has 1 aliphatic carbocycles. The lowest BCUT2D eigenvalue weighted by Gasteiger charge is -2.25. The Morgan fingerprint density at radius 1 is 1.10 bits per heavy atom. The van der Waals surface area contributed by atoms with Gasteiger partial charge in [-0.2, -0.15) is 13.2 Å². The topological polar surface area (TPSA) is 90.4 Å². The van der Waals surface area contributed by atoms with Crippen LogP contribution >= 0.6 is 0 Å². The van der Waals surface area contributed by atoms with Crippen molar-refractivity contribution in [3.8, 4) is 17.1 Å². The van der Waals surface area contributed by atoms with Gasteiger partial charge in [-0.05, 0) is 76.8 Å². The van der Waals surface area contributed by atoms with E-state index in [1.165, 1.54) is 18.3 Å². The average molecular weight is 556 g/mol. The second kappa shape index (κ2) is 11.3. The predicted molar refractivity (Wildman–Crippen MR) is 144 cm³/mol. The summed E-state index contributed by atoms with van der Waals surface area (Å²) < 4.78 is 49.8. The highest BCUT2D eigenvalue weighted by Crippen LogP contribution is 2.43. The number of nitrogens with zero attached hydrogens (tertiary/aromatic N) is 2. The number of amides is 1. The smallest absolute Gasteiger partial charge is 0.416 e. The molecule has 1 amide bonds. The minimum absolute atomic E-state index is 0.156. The van der Waals surface area contributed by atoms with E-state index in [2.05, 4.69) is 15.3 Å². The first-order chi connectivity index (χ1) is 18.8. The van der Waals surface area contributed by atoms with Crippen LogP contribution in [0.4, 0.5) is 18.9 Å². The zero-order valence-electron chi connectivity index (χ0n) is 23.1. The SMILES string of the molecule is CCOC(=O)C(C)(C)Oc1ccc(C(C)C(=O)Nc2cnc(-c3ccc(C(F)(F)F)cc3)nc2C2CC2)cc1C. The van der Waals surface area contributed by atoms with Gasteiger partial charge in [0, 0.05) is 11.5 Å². The largest absolute Gasteiger partial charge is 0.476 e. The van der Waals surface area contributed by atoms with Crippen molar-refractivity contribution in [1.82, 2.24) is 9.97 Å². The highest BCUT2D eigenvalue weighted by molar-refractivity contribution is 5.96. The third-order valence-corrected chi connectivity index (χ3v) is 6.73. The highest BCUT2D eigenvalue weighted by Gasteiger charge is 2.33. The molecule has 10 heteroatoms. The normalized spacial score (nSPS) is 14.4. The van der Waals surface area contributed by atoms with E-state index in [0.717, 1.165) is 36.1 Å². The quantitative estimate of drug-likeness (QED) is 0.292. The van der Waals surface area contributed by atoms with Crippen LogP contribution in [0, 0.1) is 6.92 Å². The van der Waals surface area contributed by atoms with Crippen LogP contribution in [0.2, 0.25) is 0 Å². The first-order valence-corrected chi connectivity index (χ1v) is 13.1. The van der Waals surface area contributed by atoms with E-state index in [9.17, 15) is 22.8 Å². The summed E-state index contributed by atoms with van der Waals surface area (Å²) >= 11 is 0. The highest BCUT2D eigenvalue weighted by atomic mass is 19.4. The van der Waals surface area contributed by atoms with Crippen LogP contribution in [0.25, 0.3) is 11.4 Å². The Morgan fingerprint density at radius 3 is 2.35 bits per heavy atom. The molecule has 0 saturated heterocycles. The van der Waals surface area contributed by atoms with E-state index in [-0.39, 0.29) is 18.4 Å². The number of hydrogen-bond donors (Lipinski definition) is 1. The number of rotatable bonds is 9. The number of carbonyl (C=O) groups excluding carboxylic acids is 2. The van der Waals surface area contributed by atoms with Crippen molar-refractivity contribution in [3.63, 3.8) is 0 Å². The van der Waals surface area contributed by atoms with Gasteiger partial charge in [-0.15, -0.1) is 0 Å². The number of aryl methyl sites for hydroxylation is 1. The zero-order chi connectivity index (χ0) is 29.2. The number of nitrogens with one attached hydrogen (secondary N) is 1. The number of ether oxygens (including phenoxy) is 2. The molecule has 0 spiro atoms. The monoisotopic (exact) mass is 555 g/mol. The molecule has 1 aromatic heterocycles. The third-order valence-electron chi connectivity index (χ3n) is 6.73. The average Bonchev–Trinajstić information content (AvgIpc) is 3.75. The van der Waals surface area contributed by atoms with E-state index >= 15 is 0 Å². The lowest BCUT2D eigenvalue weighted by molar-refractivity contribution is -0.158. The fourth-order valence-electron chi connectivity index (χ4n) is 4.18. The fourth-order valence-corrected chi connectivity index (χ4v) is 4.18. The summed E-state index contributed by atoms with van der Waals surface area (Å²) in [5.74, 6) is -0.274. The van der Waals surface area contributed by atoms with Crippen molar-refractivity contribution in [3.05, 3.63) is 71.0 Å². The molecule has 40 heavy (non-hydrogen) atoms. The summed E-state index contributed by atoms with van der Waals surface area (Å²) in [4.78, 5) is 34.3. The van der Waals surface area contributed by atoms with E-state index in [1.807, 2.05) is 13.0 Å². The number of hydrogen-bond acceptors (Lipinski definition) is 6. The molecule has 2 aromatic carbocycles. The molecule has 1 N–H and O–H groups in total. The summed E-state index contributed by atoms with van der Waals surface area (Å²) in [6.45, 7) is 8.87. The van der Waals surface area contributed by atoms with Crippen LogP contribution in [0.15, 0.2) is 48.7 Å². The van der Waals surface area contributed by atoms with Crippen LogP contribution in [-0.4, -0.2) is 34.1 Å². The van der Waals surface area contributed by atoms with Crippen LogP contribution in [0.1, 0.15) is 74.8 Å². The molecule has 3 aromatic rings. The minimum atomic E-state index is -4.42. The van der Waals surface area contributed by atoms with E-state index < -0.39 is 29.2 Å². The number of carbonyl (C=O) groups is 2. The Labute approximate surface area is 231 Å². The molecular formula is C30H32F3N3O4. The second-order valence-corrected chi connectivity index (χ2v) is 10.4. The van der Waals surface area contributed by atoms with Gasteiger partial charge in [0.05, 0.1) is 35.7 Å². The van der Waals surface area contributed by atoms with Gasteiger partial charge in [0.2, 0.25) is 5.91 Å². The molecule has 1 aliphatic rings. The first-order valence-electron chi connectivity index (χ1n) is 13.1. The van der Waals surface area contributed by atoms with Crippen molar-refractivity contribution in [1.29, 1.82) is 0 Å². The molecule has 1 saturated carbocycles. The Bertz CT molecular complexity index is 1400. The van der Waals surface area contributed by atoms with Gasteiger partial charge in [0.1, 0.15) is 5.75 Å². The van der Waals surface area contributed by atoms with Crippen molar-refractivity contribution in [2.45, 2.75) is 71.1 Å². The minimum Gasteiger partial charge on any atom is -0.476 e. The van der Waals surface area contributed by atoms with Crippen LogP contribution in [0.5, 0.6) is 5.75 Å². The molecule has 7 nitrogen and oxygen atoms in total. The molecule has 0 bridgehead atoms. The number of benzene rings is 2. The third kappa shape index (κ3) is 6.60.